The first-order chi connectivity index (χ1) is 18.3. The summed E-state index contributed by atoms with van der Waals surface area (Å²) < 4.78 is 10.6. The topological polar surface area (TPSA) is 84.9 Å². The van der Waals surface area contributed by atoms with Crippen molar-refractivity contribution in [2.24, 2.45) is 0 Å². The maximum absolute atomic E-state index is 13.4. The first-order valence-electron chi connectivity index (χ1n) is 12.3. The van der Waals surface area contributed by atoms with Crippen LogP contribution in [0.3, 0.4) is 0 Å². The minimum atomic E-state index is -0.576. The molecule has 194 valence electrons. The Bertz CT molecular complexity index is 1390. The Kier molecular flexibility index (Phi) is 8.06. The van der Waals surface area contributed by atoms with E-state index in [0.29, 0.717) is 22.7 Å². The number of amides is 2. The molecule has 0 spiro atoms. The van der Waals surface area contributed by atoms with Gasteiger partial charge in [-0.2, -0.15) is 0 Å². The van der Waals surface area contributed by atoms with Crippen LogP contribution in [0, 0.1) is 6.92 Å². The van der Waals surface area contributed by atoms with Gasteiger partial charge in [0, 0.05) is 11.4 Å². The van der Waals surface area contributed by atoms with Gasteiger partial charge >= 0.3 is 5.97 Å². The zero-order chi connectivity index (χ0) is 27.2. The molecule has 3 aromatic carbocycles. The van der Waals surface area contributed by atoms with Crippen LogP contribution in [0.25, 0.3) is 6.08 Å². The molecule has 38 heavy (non-hydrogen) atoms. The number of allylic oxidation sites excluding steroid dienone is 1. The van der Waals surface area contributed by atoms with E-state index in [1.807, 2.05) is 68.4 Å². The van der Waals surface area contributed by atoms with Gasteiger partial charge in [0.15, 0.2) is 6.61 Å². The lowest BCUT2D eigenvalue weighted by Gasteiger charge is -2.18. The molecule has 1 aliphatic rings. The van der Waals surface area contributed by atoms with E-state index in [9.17, 15) is 14.4 Å². The van der Waals surface area contributed by atoms with Crippen molar-refractivity contribution in [2.45, 2.75) is 26.8 Å². The number of carbonyl (C=O) groups excluding carboxylic acids is 3. The molecule has 0 aliphatic carbocycles. The number of methoxy groups -OCH3 is 1. The standard InChI is InChI=1S/C31H30N2O5/c1-20-10-14-25(15-11-20)33-22(3)29(31(36)37-4)27(30(33)35)18-23-12-16-26(17-13-23)38-19-28(34)32-21(2)24-8-6-5-7-9-24/h5-18,21H,19H2,1-4H3,(H,32,34)/b27-18-/t21-/m0/s1. The van der Waals surface area contributed by atoms with Crippen LogP contribution in [0.15, 0.2) is 95.7 Å². The normalized spacial score (nSPS) is 15.0. The van der Waals surface area contributed by atoms with Gasteiger partial charge in [-0.3, -0.25) is 14.5 Å². The SMILES string of the molecule is COC(=O)C1=C(C)N(c2ccc(C)cc2)C(=O)/C1=C\c1ccc(OCC(=O)N[C@@H](C)c2ccccc2)cc1. The highest BCUT2D eigenvalue weighted by Gasteiger charge is 2.37. The average Bonchev–Trinajstić information content (AvgIpc) is 3.17. The number of esters is 1. The number of nitrogens with zero attached hydrogens (tertiary/aromatic N) is 1. The van der Waals surface area contributed by atoms with Crippen LogP contribution in [0.4, 0.5) is 5.69 Å². The van der Waals surface area contributed by atoms with E-state index in [1.54, 1.807) is 37.3 Å². The number of nitrogens with one attached hydrogen (secondary N) is 1. The molecule has 2 amide bonds. The number of hydrogen-bond donors (Lipinski definition) is 1. The fourth-order valence-electron chi connectivity index (χ4n) is 4.27. The molecule has 0 aromatic heterocycles. The Balaban J connectivity index is 1.47. The molecule has 1 aliphatic heterocycles. The van der Waals surface area contributed by atoms with Gasteiger partial charge in [0.05, 0.1) is 24.3 Å². The molecule has 1 heterocycles. The minimum Gasteiger partial charge on any atom is -0.484 e. The first kappa shape index (κ1) is 26.4. The predicted octanol–water partition coefficient (Wildman–Crippen LogP) is 5.13. The quantitative estimate of drug-likeness (QED) is 0.336. The Morgan fingerprint density at radius 2 is 1.61 bits per heavy atom. The lowest BCUT2D eigenvalue weighted by Crippen LogP contribution is -2.31. The molecule has 0 fully saturated rings. The average molecular weight is 511 g/mol. The number of benzene rings is 3. The van der Waals surface area contributed by atoms with Crippen molar-refractivity contribution < 1.29 is 23.9 Å². The van der Waals surface area contributed by atoms with Crippen LogP contribution in [-0.4, -0.2) is 31.5 Å². The molecular formula is C31H30N2O5. The molecule has 4 rings (SSSR count). The van der Waals surface area contributed by atoms with Gasteiger partial charge in [-0.15, -0.1) is 0 Å². The molecule has 7 nitrogen and oxygen atoms in total. The zero-order valence-electron chi connectivity index (χ0n) is 21.9. The van der Waals surface area contributed by atoms with Gasteiger partial charge in [0.25, 0.3) is 11.8 Å². The van der Waals surface area contributed by atoms with Crippen LogP contribution >= 0.6 is 0 Å². The maximum Gasteiger partial charge on any atom is 0.340 e. The van der Waals surface area contributed by atoms with E-state index >= 15 is 0 Å². The smallest absolute Gasteiger partial charge is 0.340 e. The van der Waals surface area contributed by atoms with Crippen LogP contribution < -0.4 is 15.0 Å². The second kappa shape index (κ2) is 11.6. The van der Waals surface area contributed by atoms with Crippen molar-refractivity contribution >= 4 is 29.5 Å². The van der Waals surface area contributed by atoms with Crippen LogP contribution in [0.5, 0.6) is 5.75 Å². The monoisotopic (exact) mass is 510 g/mol. The third-order valence-electron chi connectivity index (χ3n) is 6.32. The van der Waals surface area contributed by atoms with Gasteiger partial charge in [-0.25, -0.2) is 4.79 Å². The molecular weight excluding hydrogens is 480 g/mol. The van der Waals surface area contributed by atoms with Gasteiger partial charge in [0.1, 0.15) is 5.75 Å². The van der Waals surface area contributed by atoms with Gasteiger partial charge < -0.3 is 14.8 Å². The highest BCUT2D eigenvalue weighted by atomic mass is 16.5. The van der Waals surface area contributed by atoms with Crippen molar-refractivity contribution in [1.82, 2.24) is 5.32 Å². The summed E-state index contributed by atoms with van der Waals surface area (Å²) in [6, 6.07) is 24.0. The highest BCUT2D eigenvalue weighted by molar-refractivity contribution is 6.23. The Hall–Kier alpha value is -4.65. The summed E-state index contributed by atoms with van der Waals surface area (Å²) in [5, 5.41) is 2.91. The van der Waals surface area contributed by atoms with E-state index in [4.69, 9.17) is 9.47 Å². The predicted molar refractivity (Wildman–Crippen MR) is 146 cm³/mol. The third-order valence-corrected chi connectivity index (χ3v) is 6.32. The fourth-order valence-corrected chi connectivity index (χ4v) is 4.27. The number of carbonyl (C=O) groups is 3. The minimum absolute atomic E-state index is 0.129. The summed E-state index contributed by atoms with van der Waals surface area (Å²) in [6.07, 6.45) is 1.66. The van der Waals surface area contributed by atoms with E-state index in [1.165, 1.54) is 12.0 Å². The molecule has 7 heteroatoms. The molecule has 1 atom stereocenters. The number of anilines is 1. The van der Waals surface area contributed by atoms with Crippen molar-refractivity contribution in [3.05, 3.63) is 112 Å². The Labute approximate surface area is 222 Å². The second-order valence-electron chi connectivity index (χ2n) is 9.04. The van der Waals surface area contributed by atoms with Crippen molar-refractivity contribution in [2.75, 3.05) is 18.6 Å². The summed E-state index contributed by atoms with van der Waals surface area (Å²) in [7, 11) is 1.29. The van der Waals surface area contributed by atoms with Gasteiger partial charge in [-0.05, 0) is 62.2 Å². The van der Waals surface area contributed by atoms with E-state index < -0.39 is 5.97 Å². The summed E-state index contributed by atoms with van der Waals surface area (Å²) in [4.78, 5) is 39.9. The number of ether oxygens (including phenoxy) is 2. The second-order valence-corrected chi connectivity index (χ2v) is 9.04. The fraction of sp³-hybridized carbons (Fsp3) is 0.194. The number of aryl methyl sites for hydroxylation is 1. The first-order valence-corrected chi connectivity index (χ1v) is 12.3. The summed E-state index contributed by atoms with van der Waals surface area (Å²) in [5.74, 6) is -0.610. The van der Waals surface area contributed by atoms with E-state index in [-0.39, 0.29) is 35.6 Å². The van der Waals surface area contributed by atoms with Crippen molar-refractivity contribution in [1.29, 1.82) is 0 Å². The van der Waals surface area contributed by atoms with Gasteiger partial charge in [0.2, 0.25) is 0 Å². The summed E-state index contributed by atoms with van der Waals surface area (Å²) in [6.45, 7) is 5.48. The van der Waals surface area contributed by atoms with Crippen LogP contribution in [-0.2, 0) is 19.1 Å². The van der Waals surface area contributed by atoms with Crippen molar-refractivity contribution in [3.8, 4) is 5.75 Å². The lowest BCUT2D eigenvalue weighted by atomic mass is 10.0. The lowest BCUT2D eigenvalue weighted by molar-refractivity contribution is -0.136. The zero-order valence-corrected chi connectivity index (χ0v) is 21.9. The molecule has 0 saturated carbocycles. The highest BCUT2D eigenvalue weighted by Crippen LogP contribution is 2.35. The largest absolute Gasteiger partial charge is 0.484 e. The maximum atomic E-state index is 13.4. The van der Waals surface area contributed by atoms with E-state index in [2.05, 4.69) is 5.32 Å². The molecule has 0 saturated heterocycles. The van der Waals surface area contributed by atoms with Crippen LogP contribution in [0.1, 0.15) is 36.6 Å². The Morgan fingerprint density at radius 3 is 2.24 bits per heavy atom. The number of hydrogen-bond acceptors (Lipinski definition) is 5. The summed E-state index contributed by atoms with van der Waals surface area (Å²) in [5.41, 5.74) is 4.43. The van der Waals surface area contributed by atoms with E-state index in [0.717, 1.165) is 11.1 Å². The molecule has 3 aromatic rings. The number of rotatable bonds is 8. The van der Waals surface area contributed by atoms with Crippen molar-refractivity contribution in [3.63, 3.8) is 0 Å². The van der Waals surface area contributed by atoms with Gasteiger partial charge in [-0.1, -0.05) is 60.2 Å². The summed E-state index contributed by atoms with van der Waals surface area (Å²) >= 11 is 0. The molecule has 0 unspecified atom stereocenters. The Morgan fingerprint density at radius 1 is 0.947 bits per heavy atom. The third kappa shape index (κ3) is 5.83. The molecule has 1 N–H and O–H groups in total. The van der Waals surface area contributed by atoms with Crippen LogP contribution in [0.2, 0.25) is 0 Å². The molecule has 0 bridgehead atoms. The molecule has 0 radical (unpaired) electrons.